The van der Waals surface area contributed by atoms with Gasteiger partial charge in [0.15, 0.2) is 0 Å². The first-order chi connectivity index (χ1) is 9.42. The molecule has 0 amide bonds. The molecule has 0 aliphatic carbocycles. The van der Waals surface area contributed by atoms with Gasteiger partial charge >= 0.3 is 6.36 Å². The van der Waals surface area contributed by atoms with Crippen molar-refractivity contribution in [2.45, 2.75) is 13.0 Å². The number of halogens is 4. The van der Waals surface area contributed by atoms with Crippen LogP contribution in [0.1, 0.15) is 5.56 Å². The summed E-state index contributed by atoms with van der Waals surface area (Å²) in [5.74, 6) is -1.53. The van der Waals surface area contributed by atoms with E-state index in [1.54, 1.807) is 0 Å². The average Bonchev–Trinajstić information content (AvgIpc) is 2.37. The minimum absolute atomic E-state index is 0.121. The molecular weight excluding hydrogens is 278 g/mol. The van der Waals surface area contributed by atoms with Crippen LogP contribution in [0.3, 0.4) is 0 Å². The van der Waals surface area contributed by atoms with Crippen LogP contribution in [0.5, 0.6) is 5.75 Å². The third kappa shape index (κ3) is 3.05. The molecule has 1 heterocycles. The van der Waals surface area contributed by atoms with Gasteiger partial charge in [-0.05, 0) is 17.7 Å². The molecule has 0 bridgehead atoms. The van der Waals surface area contributed by atoms with E-state index < -0.39 is 24.7 Å². The molecule has 0 saturated heterocycles. The lowest BCUT2D eigenvalue weighted by Gasteiger charge is -2.15. The van der Waals surface area contributed by atoms with Crippen molar-refractivity contribution < 1.29 is 27.4 Å². The SMILES string of the molecule is OCc1ccnc(F)c1-c1ccccc1OC(F)(F)F. The van der Waals surface area contributed by atoms with E-state index in [9.17, 15) is 22.7 Å². The van der Waals surface area contributed by atoms with Crippen LogP contribution in [0.15, 0.2) is 36.5 Å². The maximum absolute atomic E-state index is 13.8. The molecule has 0 saturated carbocycles. The van der Waals surface area contributed by atoms with Gasteiger partial charge in [-0.3, -0.25) is 0 Å². The first-order valence-corrected chi connectivity index (χ1v) is 5.52. The number of hydrogen-bond acceptors (Lipinski definition) is 3. The highest BCUT2D eigenvalue weighted by Crippen LogP contribution is 2.36. The number of hydrogen-bond donors (Lipinski definition) is 1. The second kappa shape index (κ2) is 5.46. The standard InChI is InChI=1S/C13H9F4NO2/c14-12-11(8(7-19)5-6-18-12)9-3-1-2-4-10(9)20-13(15,16)17/h1-6,19H,7H2. The summed E-state index contributed by atoms with van der Waals surface area (Å²) in [7, 11) is 0. The monoisotopic (exact) mass is 287 g/mol. The molecule has 0 spiro atoms. The van der Waals surface area contributed by atoms with Gasteiger partial charge < -0.3 is 9.84 Å². The van der Waals surface area contributed by atoms with E-state index in [0.717, 1.165) is 12.3 Å². The zero-order valence-corrected chi connectivity index (χ0v) is 9.99. The van der Waals surface area contributed by atoms with Crippen LogP contribution in [-0.4, -0.2) is 16.5 Å². The second-order valence-electron chi connectivity index (χ2n) is 3.84. The highest BCUT2D eigenvalue weighted by molar-refractivity contribution is 5.73. The van der Waals surface area contributed by atoms with E-state index in [2.05, 4.69) is 9.72 Å². The quantitative estimate of drug-likeness (QED) is 0.696. The van der Waals surface area contributed by atoms with Crippen molar-refractivity contribution in [2.75, 3.05) is 0 Å². The predicted octanol–water partition coefficient (Wildman–Crippen LogP) is 3.28. The van der Waals surface area contributed by atoms with Crippen LogP contribution in [0.2, 0.25) is 0 Å². The third-order valence-corrected chi connectivity index (χ3v) is 2.54. The van der Waals surface area contributed by atoms with Gasteiger partial charge in [0.1, 0.15) is 5.75 Å². The smallest absolute Gasteiger partial charge is 0.405 e. The summed E-state index contributed by atoms with van der Waals surface area (Å²) in [5, 5.41) is 9.17. The second-order valence-corrected chi connectivity index (χ2v) is 3.84. The Morgan fingerprint density at radius 1 is 1.15 bits per heavy atom. The molecule has 0 radical (unpaired) electrons. The van der Waals surface area contributed by atoms with Gasteiger partial charge in [0.05, 0.1) is 6.61 Å². The largest absolute Gasteiger partial charge is 0.573 e. The molecule has 7 heteroatoms. The Morgan fingerprint density at radius 2 is 1.85 bits per heavy atom. The Morgan fingerprint density at radius 3 is 2.50 bits per heavy atom. The molecule has 0 aliphatic heterocycles. The van der Waals surface area contributed by atoms with Crippen LogP contribution in [0.4, 0.5) is 17.6 Å². The highest BCUT2D eigenvalue weighted by Gasteiger charge is 2.32. The molecule has 2 aromatic rings. The maximum atomic E-state index is 13.8. The number of alkyl halides is 3. The fourth-order valence-electron chi connectivity index (χ4n) is 1.78. The summed E-state index contributed by atoms with van der Waals surface area (Å²) in [4.78, 5) is 3.39. The summed E-state index contributed by atoms with van der Waals surface area (Å²) in [6.07, 6.45) is -3.77. The summed E-state index contributed by atoms with van der Waals surface area (Å²) < 4.78 is 54.7. The molecule has 1 aromatic carbocycles. The van der Waals surface area contributed by atoms with E-state index in [-0.39, 0.29) is 16.7 Å². The molecule has 0 fully saturated rings. The Labute approximate surface area is 111 Å². The molecular formula is C13H9F4NO2. The van der Waals surface area contributed by atoms with Gasteiger partial charge in [0.2, 0.25) is 5.95 Å². The van der Waals surface area contributed by atoms with Crippen LogP contribution < -0.4 is 4.74 Å². The summed E-state index contributed by atoms with van der Waals surface area (Å²) in [6, 6.07) is 6.42. The number of aliphatic hydroxyl groups excluding tert-OH is 1. The fourth-order valence-corrected chi connectivity index (χ4v) is 1.78. The van der Waals surface area contributed by atoms with E-state index >= 15 is 0 Å². The average molecular weight is 287 g/mol. The zero-order chi connectivity index (χ0) is 14.8. The Balaban J connectivity index is 2.59. The van der Waals surface area contributed by atoms with E-state index in [1.807, 2.05) is 0 Å². The molecule has 2 rings (SSSR count). The van der Waals surface area contributed by atoms with Gasteiger partial charge in [0, 0.05) is 17.3 Å². The Kier molecular flexibility index (Phi) is 3.89. The molecule has 0 atom stereocenters. The number of nitrogens with zero attached hydrogens (tertiary/aromatic N) is 1. The van der Waals surface area contributed by atoms with Gasteiger partial charge in [-0.1, -0.05) is 18.2 Å². The number of para-hydroxylation sites is 1. The van der Waals surface area contributed by atoms with E-state index in [0.29, 0.717) is 0 Å². The maximum Gasteiger partial charge on any atom is 0.573 e. The normalized spacial score (nSPS) is 11.4. The lowest BCUT2D eigenvalue weighted by Crippen LogP contribution is -2.17. The Hall–Kier alpha value is -2.15. The summed E-state index contributed by atoms with van der Waals surface area (Å²) in [6.45, 7) is -0.533. The Bertz CT molecular complexity index is 614. The molecule has 3 nitrogen and oxygen atoms in total. The van der Waals surface area contributed by atoms with Gasteiger partial charge in [-0.2, -0.15) is 4.39 Å². The van der Waals surface area contributed by atoms with Gasteiger partial charge in [-0.15, -0.1) is 13.2 Å². The van der Waals surface area contributed by atoms with Gasteiger partial charge in [0.25, 0.3) is 0 Å². The lowest BCUT2D eigenvalue weighted by atomic mass is 10.0. The van der Waals surface area contributed by atoms with E-state index in [1.165, 1.54) is 24.3 Å². The van der Waals surface area contributed by atoms with Crippen LogP contribution >= 0.6 is 0 Å². The summed E-state index contributed by atoms with van der Waals surface area (Å²) in [5.41, 5.74) is -0.218. The minimum Gasteiger partial charge on any atom is -0.405 e. The molecule has 0 unspecified atom stereocenters. The van der Waals surface area contributed by atoms with Crippen molar-refractivity contribution >= 4 is 0 Å². The van der Waals surface area contributed by atoms with Crippen molar-refractivity contribution in [3.05, 3.63) is 48.0 Å². The minimum atomic E-state index is -4.89. The van der Waals surface area contributed by atoms with Crippen molar-refractivity contribution in [3.63, 3.8) is 0 Å². The number of aromatic nitrogens is 1. The van der Waals surface area contributed by atoms with Crippen molar-refractivity contribution in [3.8, 4) is 16.9 Å². The number of pyridine rings is 1. The molecule has 106 valence electrons. The lowest BCUT2D eigenvalue weighted by molar-refractivity contribution is -0.274. The number of ether oxygens (including phenoxy) is 1. The number of aliphatic hydroxyl groups is 1. The van der Waals surface area contributed by atoms with Crippen LogP contribution in [0.25, 0.3) is 11.1 Å². The number of benzene rings is 1. The summed E-state index contributed by atoms with van der Waals surface area (Å²) >= 11 is 0. The zero-order valence-electron chi connectivity index (χ0n) is 9.99. The molecule has 0 aliphatic rings. The third-order valence-electron chi connectivity index (χ3n) is 2.54. The fraction of sp³-hybridized carbons (Fsp3) is 0.154. The first kappa shape index (κ1) is 14.3. The van der Waals surface area contributed by atoms with Crippen molar-refractivity contribution in [1.29, 1.82) is 0 Å². The molecule has 1 aromatic heterocycles. The number of rotatable bonds is 3. The predicted molar refractivity (Wildman–Crippen MR) is 62.2 cm³/mol. The molecule has 20 heavy (non-hydrogen) atoms. The van der Waals surface area contributed by atoms with Crippen LogP contribution in [0, 0.1) is 5.95 Å². The van der Waals surface area contributed by atoms with Gasteiger partial charge in [-0.25, -0.2) is 4.98 Å². The van der Waals surface area contributed by atoms with E-state index in [4.69, 9.17) is 0 Å². The first-order valence-electron chi connectivity index (χ1n) is 5.52. The van der Waals surface area contributed by atoms with Crippen molar-refractivity contribution in [2.24, 2.45) is 0 Å². The molecule has 1 N–H and O–H groups in total. The highest BCUT2D eigenvalue weighted by atomic mass is 19.4. The van der Waals surface area contributed by atoms with Crippen LogP contribution in [-0.2, 0) is 6.61 Å². The topological polar surface area (TPSA) is 42.4 Å². The van der Waals surface area contributed by atoms with Crippen molar-refractivity contribution in [1.82, 2.24) is 4.98 Å².